The van der Waals surface area contributed by atoms with Gasteiger partial charge in [0.15, 0.2) is 0 Å². The standard InChI is InChI=1S/C16H20O/c1-5-9-16(14(4)13(2)3)17-12-15-10-7-6-8-11-15/h5-11H,1,12H2,2-4H3/b16-9+. The molecule has 0 atom stereocenters. The Balaban J connectivity index is 2.74. The lowest BCUT2D eigenvalue weighted by Crippen LogP contribution is -1.96. The van der Waals surface area contributed by atoms with Gasteiger partial charge in [0.1, 0.15) is 12.4 Å². The molecule has 0 aromatic heterocycles. The zero-order chi connectivity index (χ0) is 12.7. The van der Waals surface area contributed by atoms with Crippen molar-refractivity contribution < 1.29 is 4.74 Å². The molecule has 1 heteroatoms. The van der Waals surface area contributed by atoms with Crippen molar-refractivity contribution >= 4 is 0 Å². The Labute approximate surface area is 104 Å². The third-order valence-corrected chi connectivity index (χ3v) is 2.63. The first-order valence-electron chi connectivity index (χ1n) is 5.79. The van der Waals surface area contributed by atoms with E-state index in [0.29, 0.717) is 6.61 Å². The molecule has 0 fully saturated rings. The van der Waals surface area contributed by atoms with Gasteiger partial charge in [0, 0.05) is 0 Å². The van der Waals surface area contributed by atoms with Gasteiger partial charge in [-0.25, -0.2) is 0 Å². The third kappa shape index (κ3) is 4.31. The Morgan fingerprint density at radius 2 is 1.82 bits per heavy atom. The first kappa shape index (κ1) is 13.3. The summed E-state index contributed by atoms with van der Waals surface area (Å²) < 4.78 is 5.82. The van der Waals surface area contributed by atoms with E-state index in [1.165, 1.54) is 16.7 Å². The number of allylic oxidation sites excluding steroid dienone is 4. The van der Waals surface area contributed by atoms with Crippen molar-refractivity contribution in [2.45, 2.75) is 27.4 Å². The molecule has 0 aliphatic carbocycles. The number of hydrogen-bond acceptors (Lipinski definition) is 1. The third-order valence-electron chi connectivity index (χ3n) is 2.63. The first-order valence-corrected chi connectivity index (χ1v) is 5.79. The zero-order valence-electron chi connectivity index (χ0n) is 10.9. The summed E-state index contributed by atoms with van der Waals surface area (Å²) in [6.07, 6.45) is 3.66. The maximum absolute atomic E-state index is 5.82. The Hall–Kier alpha value is -1.76. The van der Waals surface area contributed by atoms with Crippen LogP contribution >= 0.6 is 0 Å². The average Bonchev–Trinajstić information content (AvgIpc) is 2.34. The molecule has 0 spiro atoms. The normalized spacial score (nSPS) is 10.9. The molecular weight excluding hydrogens is 208 g/mol. The summed E-state index contributed by atoms with van der Waals surface area (Å²) in [7, 11) is 0. The van der Waals surface area contributed by atoms with E-state index < -0.39 is 0 Å². The highest BCUT2D eigenvalue weighted by atomic mass is 16.5. The molecular formula is C16H20O. The van der Waals surface area contributed by atoms with E-state index in [-0.39, 0.29) is 0 Å². The lowest BCUT2D eigenvalue weighted by molar-refractivity contribution is 0.206. The van der Waals surface area contributed by atoms with Crippen molar-refractivity contribution in [3.05, 3.63) is 71.5 Å². The molecule has 0 amide bonds. The van der Waals surface area contributed by atoms with Gasteiger partial charge in [-0.15, -0.1) is 0 Å². The van der Waals surface area contributed by atoms with Gasteiger partial charge in [-0.1, -0.05) is 48.6 Å². The number of ether oxygens (including phenoxy) is 1. The van der Waals surface area contributed by atoms with Crippen molar-refractivity contribution in [1.82, 2.24) is 0 Å². The molecule has 0 aliphatic heterocycles. The summed E-state index contributed by atoms with van der Waals surface area (Å²) in [5, 5.41) is 0. The summed E-state index contributed by atoms with van der Waals surface area (Å²) in [5.41, 5.74) is 3.59. The summed E-state index contributed by atoms with van der Waals surface area (Å²) in [4.78, 5) is 0. The van der Waals surface area contributed by atoms with Gasteiger partial charge < -0.3 is 4.74 Å². The monoisotopic (exact) mass is 228 g/mol. The zero-order valence-corrected chi connectivity index (χ0v) is 10.9. The van der Waals surface area contributed by atoms with E-state index >= 15 is 0 Å². The highest BCUT2D eigenvalue weighted by molar-refractivity contribution is 5.30. The summed E-state index contributed by atoms with van der Waals surface area (Å²) in [5.74, 6) is 0.892. The molecule has 0 N–H and O–H groups in total. The highest BCUT2D eigenvalue weighted by Gasteiger charge is 2.02. The van der Waals surface area contributed by atoms with E-state index in [9.17, 15) is 0 Å². The SMILES string of the molecule is C=C/C=C(/OCc1ccccc1)C(C)=C(C)C. The minimum absolute atomic E-state index is 0.588. The topological polar surface area (TPSA) is 9.23 Å². The first-order chi connectivity index (χ1) is 8.15. The van der Waals surface area contributed by atoms with Crippen molar-refractivity contribution in [1.29, 1.82) is 0 Å². The Morgan fingerprint density at radius 1 is 1.18 bits per heavy atom. The van der Waals surface area contributed by atoms with Crippen LogP contribution in [0.3, 0.4) is 0 Å². The number of benzene rings is 1. The van der Waals surface area contributed by atoms with Crippen LogP contribution in [-0.4, -0.2) is 0 Å². The van der Waals surface area contributed by atoms with Crippen LogP contribution in [-0.2, 0) is 11.3 Å². The van der Waals surface area contributed by atoms with Crippen LogP contribution < -0.4 is 0 Å². The molecule has 0 saturated carbocycles. The van der Waals surface area contributed by atoms with Crippen LogP contribution in [0.5, 0.6) is 0 Å². The summed E-state index contributed by atoms with van der Waals surface area (Å²) in [6.45, 7) is 10.5. The Morgan fingerprint density at radius 3 is 2.35 bits per heavy atom. The van der Waals surface area contributed by atoms with Crippen molar-refractivity contribution in [3.8, 4) is 0 Å². The largest absolute Gasteiger partial charge is 0.489 e. The maximum atomic E-state index is 5.82. The highest BCUT2D eigenvalue weighted by Crippen LogP contribution is 2.17. The number of rotatable bonds is 5. The average molecular weight is 228 g/mol. The van der Waals surface area contributed by atoms with Crippen LogP contribution in [0.25, 0.3) is 0 Å². The lowest BCUT2D eigenvalue weighted by atomic mass is 10.1. The molecule has 0 bridgehead atoms. The molecule has 0 saturated heterocycles. The van der Waals surface area contributed by atoms with Gasteiger partial charge in [0.25, 0.3) is 0 Å². The molecule has 1 aromatic carbocycles. The maximum Gasteiger partial charge on any atom is 0.122 e. The summed E-state index contributed by atoms with van der Waals surface area (Å²) in [6, 6.07) is 10.2. The van der Waals surface area contributed by atoms with E-state index in [0.717, 1.165) is 5.76 Å². The van der Waals surface area contributed by atoms with Gasteiger partial charge >= 0.3 is 0 Å². The molecule has 1 rings (SSSR count). The Kier molecular flexibility index (Phi) is 5.28. The van der Waals surface area contributed by atoms with Crippen molar-refractivity contribution in [2.24, 2.45) is 0 Å². The molecule has 17 heavy (non-hydrogen) atoms. The molecule has 0 radical (unpaired) electrons. The minimum Gasteiger partial charge on any atom is -0.489 e. The molecule has 1 aromatic rings. The van der Waals surface area contributed by atoms with Crippen LogP contribution in [0.4, 0.5) is 0 Å². The van der Waals surface area contributed by atoms with Crippen LogP contribution in [0.15, 0.2) is 66.0 Å². The smallest absolute Gasteiger partial charge is 0.122 e. The van der Waals surface area contributed by atoms with E-state index in [2.05, 4.69) is 39.5 Å². The molecule has 0 heterocycles. The Bertz CT molecular complexity index is 420. The second-order valence-corrected chi connectivity index (χ2v) is 4.17. The minimum atomic E-state index is 0.588. The second kappa shape index (κ2) is 6.74. The van der Waals surface area contributed by atoms with Crippen LogP contribution in [0, 0.1) is 0 Å². The van der Waals surface area contributed by atoms with Gasteiger partial charge in [0.2, 0.25) is 0 Å². The van der Waals surface area contributed by atoms with E-state index in [4.69, 9.17) is 4.74 Å². The predicted molar refractivity (Wildman–Crippen MR) is 73.6 cm³/mol. The van der Waals surface area contributed by atoms with Gasteiger partial charge in [0.05, 0.1) is 0 Å². The van der Waals surface area contributed by atoms with Crippen molar-refractivity contribution in [3.63, 3.8) is 0 Å². The van der Waals surface area contributed by atoms with Crippen LogP contribution in [0.1, 0.15) is 26.3 Å². The molecule has 0 aliphatic rings. The lowest BCUT2D eigenvalue weighted by Gasteiger charge is -2.12. The predicted octanol–water partition coefficient (Wildman–Crippen LogP) is 4.63. The van der Waals surface area contributed by atoms with Crippen LogP contribution in [0.2, 0.25) is 0 Å². The fraction of sp³-hybridized carbons (Fsp3) is 0.250. The molecule has 90 valence electrons. The van der Waals surface area contributed by atoms with Gasteiger partial charge in [-0.2, -0.15) is 0 Å². The fourth-order valence-corrected chi connectivity index (χ4v) is 1.37. The second-order valence-electron chi connectivity index (χ2n) is 4.17. The van der Waals surface area contributed by atoms with Crippen molar-refractivity contribution in [2.75, 3.05) is 0 Å². The molecule has 1 nitrogen and oxygen atoms in total. The van der Waals surface area contributed by atoms with E-state index in [1.807, 2.05) is 24.3 Å². The summed E-state index contributed by atoms with van der Waals surface area (Å²) >= 11 is 0. The fourth-order valence-electron chi connectivity index (χ4n) is 1.37. The van der Waals surface area contributed by atoms with E-state index in [1.54, 1.807) is 6.08 Å². The number of hydrogen-bond donors (Lipinski definition) is 0. The van der Waals surface area contributed by atoms with Gasteiger partial charge in [-0.3, -0.25) is 0 Å². The van der Waals surface area contributed by atoms with Gasteiger partial charge in [-0.05, 0) is 38.0 Å². The quantitative estimate of drug-likeness (QED) is 0.527. The molecule has 0 unspecified atom stereocenters.